The topological polar surface area (TPSA) is 69.6 Å². The summed E-state index contributed by atoms with van der Waals surface area (Å²) in [6.07, 6.45) is 0.556. The predicted molar refractivity (Wildman–Crippen MR) is 101 cm³/mol. The number of phenols is 1. The minimum absolute atomic E-state index is 0.123. The molecule has 0 amide bonds. The average molecular weight is 382 g/mol. The van der Waals surface area contributed by atoms with Crippen LogP contribution in [0.4, 0.5) is 0 Å². The molecule has 0 saturated carbocycles. The number of phenolic OH excluding ortho intramolecular Hbond substituents is 1. The Bertz CT molecular complexity index is 752. The van der Waals surface area contributed by atoms with Crippen LogP contribution >= 0.6 is 23.2 Å². The van der Waals surface area contributed by atoms with Gasteiger partial charge < -0.3 is 15.5 Å². The van der Waals surface area contributed by atoms with Crippen molar-refractivity contribution in [3.8, 4) is 5.75 Å². The molecule has 4 nitrogen and oxygen atoms in total. The highest BCUT2D eigenvalue weighted by Crippen LogP contribution is 2.31. The zero-order chi connectivity index (χ0) is 18.6. The maximum absolute atomic E-state index is 10.5. The largest absolute Gasteiger partial charge is 0.508 e. The van der Waals surface area contributed by atoms with Crippen molar-refractivity contribution < 1.29 is 15.0 Å². The van der Waals surface area contributed by atoms with Crippen LogP contribution in [-0.2, 0) is 17.8 Å². The first kappa shape index (κ1) is 19.6. The van der Waals surface area contributed by atoms with Gasteiger partial charge in [0.05, 0.1) is 6.54 Å². The number of hydrogen-bond donors (Lipinski definition) is 3. The molecule has 0 radical (unpaired) electrons. The highest BCUT2D eigenvalue weighted by atomic mass is 35.5. The van der Waals surface area contributed by atoms with Crippen molar-refractivity contribution in [1.29, 1.82) is 0 Å². The molecule has 0 aliphatic rings. The molecule has 25 heavy (non-hydrogen) atoms. The summed E-state index contributed by atoms with van der Waals surface area (Å²) in [6, 6.07) is 9.10. The Morgan fingerprint density at radius 3 is 2.32 bits per heavy atom. The van der Waals surface area contributed by atoms with Gasteiger partial charge in [-0.1, -0.05) is 49.2 Å². The van der Waals surface area contributed by atoms with Crippen molar-refractivity contribution in [3.63, 3.8) is 0 Å². The summed E-state index contributed by atoms with van der Waals surface area (Å²) in [6.45, 7) is 4.31. The van der Waals surface area contributed by atoms with Crippen molar-refractivity contribution in [1.82, 2.24) is 5.32 Å². The van der Waals surface area contributed by atoms with Crippen LogP contribution in [0.5, 0.6) is 5.75 Å². The second-order valence-corrected chi connectivity index (χ2v) is 7.07. The van der Waals surface area contributed by atoms with E-state index in [0.29, 0.717) is 23.0 Å². The monoisotopic (exact) mass is 381 g/mol. The van der Waals surface area contributed by atoms with E-state index < -0.39 is 5.97 Å². The first-order valence-electron chi connectivity index (χ1n) is 7.99. The fourth-order valence-electron chi connectivity index (χ4n) is 2.62. The molecule has 0 saturated heterocycles. The number of carboxylic acid groups (broad SMARTS) is 1. The summed E-state index contributed by atoms with van der Waals surface area (Å²) in [7, 11) is 0. The van der Waals surface area contributed by atoms with E-state index in [2.05, 4.69) is 5.32 Å². The molecule has 0 unspecified atom stereocenters. The number of hydrogen-bond acceptors (Lipinski definition) is 3. The first-order chi connectivity index (χ1) is 11.8. The number of aliphatic carboxylic acids is 1. The minimum atomic E-state index is -0.915. The lowest BCUT2D eigenvalue weighted by molar-refractivity contribution is -0.135. The van der Waals surface area contributed by atoms with Gasteiger partial charge in [-0.05, 0) is 46.4 Å². The number of aromatic hydroxyl groups is 1. The fraction of sp³-hybridized carbons (Fsp3) is 0.316. The van der Waals surface area contributed by atoms with Gasteiger partial charge in [-0.3, -0.25) is 4.79 Å². The Balaban J connectivity index is 2.20. The van der Waals surface area contributed by atoms with E-state index in [1.807, 2.05) is 26.0 Å². The third-order valence-electron chi connectivity index (χ3n) is 3.90. The van der Waals surface area contributed by atoms with E-state index in [0.717, 1.165) is 22.3 Å². The number of nitrogens with one attached hydrogen (secondary N) is 1. The number of carboxylic acids is 1. The molecule has 0 aliphatic heterocycles. The molecule has 134 valence electrons. The van der Waals surface area contributed by atoms with Crippen LogP contribution in [0.1, 0.15) is 42.0 Å². The average Bonchev–Trinajstić information content (AvgIpc) is 2.51. The SMILES string of the molecule is CC(C)c1cc(Cc2c(Cl)cc(CNCC(=O)O)cc2Cl)ccc1O. The molecule has 0 spiro atoms. The van der Waals surface area contributed by atoms with Gasteiger partial charge in [0.25, 0.3) is 0 Å². The second-order valence-electron chi connectivity index (χ2n) is 6.26. The van der Waals surface area contributed by atoms with Crippen LogP contribution in [0, 0.1) is 0 Å². The highest BCUT2D eigenvalue weighted by Gasteiger charge is 2.12. The van der Waals surface area contributed by atoms with E-state index in [-0.39, 0.29) is 18.2 Å². The Morgan fingerprint density at radius 2 is 1.76 bits per heavy atom. The lowest BCUT2D eigenvalue weighted by Gasteiger charge is -2.13. The molecule has 2 aromatic rings. The lowest BCUT2D eigenvalue weighted by atomic mass is 9.96. The maximum atomic E-state index is 10.5. The van der Waals surface area contributed by atoms with Gasteiger partial charge in [0.1, 0.15) is 5.75 Å². The van der Waals surface area contributed by atoms with Crippen LogP contribution in [-0.4, -0.2) is 22.7 Å². The highest BCUT2D eigenvalue weighted by molar-refractivity contribution is 6.36. The summed E-state index contributed by atoms with van der Waals surface area (Å²) >= 11 is 12.8. The molecular weight excluding hydrogens is 361 g/mol. The third-order valence-corrected chi connectivity index (χ3v) is 4.58. The molecule has 0 fully saturated rings. The van der Waals surface area contributed by atoms with Crippen LogP contribution in [0.15, 0.2) is 30.3 Å². The summed E-state index contributed by atoms with van der Waals surface area (Å²) in [5, 5.41) is 22.5. The molecule has 0 heterocycles. The number of carbonyl (C=O) groups is 1. The molecule has 3 N–H and O–H groups in total. The molecule has 0 aliphatic carbocycles. The van der Waals surface area contributed by atoms with E-state index in [9.17, 15) is 9.90 Å². The van der Waals surface area contributed by atoms with Gasteiger partial charge in [0, 0.05) is 23.0 Å². The standard InChI is InChI=1S/C19H21Cl2NO3/c1-11(2)14-5-12(3-4-18(14)23)6-15-16(20)7-13(8-17(15)21)9-22-10-19(24)25/h3-5,7-8,11,22-23H,6,9-10H2,1-2H3,(H,24,25). The van der Waals surface area contributed by atoms with Gasteiger partial charge in [-0.25, -0.2) is 0 Å². The van der Waals surface area contributed by atoms with E-state index in [1.54, 1.807) is 18.2 Å². The van der Waals surface area contributed by atoms with Crippen LogP contribution in [0.2, 0.25) is 10.0 Å². The molecule has 0 aromatic heterocycles. The maximum Gasteiger partial charge on any atom is 0.317 e. The quantitative estimate of drug-likeness (QED) is 0.655. The Morgan fingerprint density at radius 1 is 1.12 bits per heavy atom. The number of benzene rings is 2. The fourth-order valence-corrected chi connectivity index (χ4v) is 3.29. The lowest BCUT2D eigenvalue weighted by Crippen LogP contribution is -2.21. The Kier molecular flexibility index (Phi) is 6.71. The van der Waals surface area contributed by atoms with Crippen LogP contribution < -0.4 is 5.32 Å². The summed E-state index contributed by atoms with van der Waals surface area (Å²) in [5.74, 6) is -0.411. The van der Waals surface area contributed by atoms with E-state index in [1.165, 1.54) is 0 Å². The summed E-state index contributed by atoms with van der Waals surface area (Å²) < 4.78 is 0. The van der Waals surface area contributed by atoms with Crippen molar-refractivity contribution in [2.75, 3.05) is 6.54 Å². The number of rotatable bonds is 7. The molecule has 2 aromatic carbocycles. The van der Waals surface area contributed by atoms with Gasteiger partial charge in [-0.2, -0.15) is 0 Å². The van der Waals surface area contributed by atoms with Crippen molar-refractivity contribution >= 4 is 29.2 Å². The molecule has 0 bridgehead atoms. The van der Waals surface area contributed by atoms with Crippen molar-refractivity contribution in [2.24, 2.45) is 0 Å². The summed E-state index contributed by atoms with van der Waals surface area (Å²) in [5.41, 5.74) is 3.54. The van der Waals surface area contributed by atoms with E-state index >= 15 is 0 Å². The zero-order valence-electron chi connectivity index (χ0n) is 14.1. The molecular formula is C19H21Cl2NO3. The van der Waals surface area contributed by atoms with Crippen molar-refractivity contribution in [2.45, 2.75) is 32.7 Å². The van der Waals surface area contributed by atoms with Gasteiger partial charge in [-0.15, -0.1) is 0 Å². The van der Waals surface area contributed by atoms with Crippen LogP contribution in [0.3, 0.4) is 0 Å². The first-order valence-corrected chi connectivity index (χ1v) is 8.74. The normalized spacial score (nSPS) is 11.1. The zero-order valence-corrected chi connectivity index (χ0v) is 15.7. The summed E-state index contributed by atoms with van der Waals surface area (Å²) in [4.78, 5) is 10.5. The van der Waals surface area contributed by atoms with Crippen LogP contribution in [0.25, 0.3) is 0 Å². The Labute approximate surface area is 157 Å². The predicted octanol–water partition coefficient (Wildman–Crippen LogP) is 4.59. The second kappa shape index (κ2) is 8.56. The van der Waals surface area contributed by atoms with Crippen molar-refractivity contribution in [3.05, 3.63) is 62.6 Å². The number of halogens is 2. The smallest absolute Gasteiger partial charge is 0.317 e. The van der Waals surface area contributed by atoms with Gasteiger partial charge in [0.15, 0.2) is 0 Å². The third kappa shape index (κ3) is 5.36. The Hall–Kier alpha value is -1.75. The van der Waals surface area contributed by atoms with E-state index in [4.69, 9.17) is 28.3 Å². The van der Waals surface area contributed by atoms with Gasteiger partial charge >= 0.3 is 5.97 Å². The van der Waals surface area contributed by atoms with Gasteiger partial charge in [0.2, 0.25) is 0 Å². The minimum Gasteiger partial charge on any atom is -0.508 e. The molecule has 2 rings (SSSR count). The molecule has 0 atom stereocenters. The molecule has 6 heteroatoms.